The molecule has 0 radical (unpaired) electrons. The zero-order valence-electron chi connectivity index (χ0n) is 11.4. The molecule has 1 aromatic rings. The summed E-state index contributed by atoms with van der Waals surface area (Å²) in [6.45, 7) is 4.35. The Bertz CT molecular complexity index is 590. The summed E-state index contributed by atoms with van der Waals surface area (Å²) < 4.78 is 15.3. The number of ether oxygens (including phenoxy) is 3. The van der Waals surface area contributed by atoms with Crippen LogP contribution >= 0.6 is 0 Å². The van der Waals surface area contributed by atoms with Crippen LogP contribution in [0.25, 0.3) is 0 Å². The maximum absolute atomic E-state index is 11.9. The Morgan fingerprint density at radius 3 is 2.25 bits per heavy atom. The zero-order valence-corrected chi connectivity index (χ0v) is 11.4. The molecule has 0 N–H and O–H groups in total. The fourth-order valence-electron chi connectivity index (χ4n) is 2.13. The van der Waals surface area contributed by atoms with Crippen molar-refractivity contribution in [1.82, 2.24) is 0 Å². The molecule has 0 amide bonds. The predicted octanol–water partition coefficient (Wildman–Crippen LogP) is 2.16. The molecule has 1 aliphatic rings. The van der Waals surface area contributed by atoms with E-state index in [1.54, 1.807) is 0 Å². The van der Waals surface area contributed by atoms with Gasteiger partial charge in [0.25, 0.3) is 0 Å². The largest absolute Gasteiger partial charge is 0.454 e. The number of benzene rings is 1. The van der Waals surface area contributed by atoms with Gasteiger partial charge in [0.1, 0.15) is 23.2 Å². The zero-order chi connectivity index (χ0) is 14.9. The first kappa shape index (κ1) is 14.0. The fraction of sp³-hybridized carbons (Fsp3) is 0.357. The van der Waals surface area contributed by atoms with Crippen molar-refractivity contribution in [2.24, 2.45) is 0 Å². The van der Waals surface area contributed by atoms with Gasteiger partial charge in [0.05, 0.1) is 5.56 Å². The molecule has 1 aliphatic heterocycles. The third kappa shape index (κ3) is 2.49. The highest BCUT2D eigenvalue weighted by molar-refractivity contribution is 5.99. The second kappa shape index (κ2) is 5.32. The second-order valence-electron chi connectivity index (χ2n) is 4.34. The van der Waals surface area contributed by atoms with E-state index in [0.717, 1.165) is 0 Å². The van der Waals surface area contributed by atoms with Gasteiger partial charge in [-0.3, -0.25) is 9.59 Å². The first-order valence-electron chi connectivity index (χ1n) is 6.18. The highest BCUT2D eigenvalue weighted by Crippen LogP contribution is 2.43. The lowest BCUT2D eigenvalue weighted by atomic mass is 10.0. The standard InChI is InChI=1S/C14H14O6/c1-4-9-12-10(18-7(2)15)5-6-11(19-8(3)16)13(12)14(17)20-9/h5-6,9H,4H2,1-3H3. The molecule has 0 spiro atoms. The van der Waals surface area contributed by atoms with Crippen LogP contribution in [0.5, 0.6) is 11.5 Å². The summed E-state index contributed by atoms with van der Waals surface area (Å²) in [5, 5.41) is 0. The van der Waals surface area contributed by atoms with Gasteiger partial charge in [0.15, 0.2) is 0 Å². The summed E-state index contributed by atoms with van der Waals surface area (Å²) in [4.78, 5) is 34.1. The summed E-state index contributed by atoms with van der Waals surface area (Å²) in [5.41, 5.74) is 0.595. The minimum atomic E-state index is -0.586. The van der Waals surface area contributed by atoms with Gasteiger partial charge in [-0.2, -0.15) is 0 Å². The number of cyclic esters (lactones) is 1. The summed E-state index contributed by atoms with van der Waals surface area (Å²) in [6, 6.07) is 2.90. The van der Waals surface area contributed by atoms with E-state index < -0.39 is 24.0 Å². The van der Waals surface area contributed by atoms with Gasteiger partial charge in [0.2, 0.25) is 0 Å². The Labute approximate surface area is 115 Å². The Morgan fingerprint density at radius 2 is 1.70 bits per heavy atom. The Kier molecular flexibility index (Phi) is 3.74. The highest BCUT2D eigenvalue weighted by atomic mass is 16.6. The number of fused-ring (bicyclic) bond motifs is 1. The highest BCUT2D eigenvalue weighted by Gasteiger charge is 2.37. The van der Waals surface area contributed by atoms with Crippen LogP contribution in [0.2, 0.25) is 0 Å². The Morgan fingerprint density at radius 1 is 1.15 bits per heavy atom. The van der Waals surface area contributed by atoms with Gasteiger partial charge >= 0.3 is 17.9 Å². The van der Waals surface area contributed by atoms with Crippen molar-refractivity contribution in [3.05, 3.63) is 23.3 Å². The van der Waals surface area contributed by atoms with Crippen LogP contribution < -0.4 is 9.47 Å². The lowest BCUT2D eigenvalue weighted by Gasteiger charge is -2.12. The van der Waals surface area contributed by atoms with Crippen LogP contribution in [0.1, 0.15) is 49.2 Å². The molecule has 0 bridgehead atoms. The Hall–Kier alpha value is -2.37. The monoisotopic (exact) mass is 278 g/mol. The molecule has 6 heteroatoms. The molecule has 1 heterocycles. The second-order valence-corrected chi connectivity index (χ2v) is 4.34. The first-order valence-corrected chi connectivity index (χ1v) is 6.18. The molecule has 1 atom stereocenters. The lowest BCUT2D eigenvalue weighted by Crippen LogP contribution is -2.09. The predicted molar refractivity (Wildman–Crippen MR) is 67.5 cm³/mol. The smallest absolute Gasteiger partial charge is 0.343 e. The minimum Gasteiger partial charge on any atom is -0.454 e. The number of carbonyl (C=O) groups is 3. The third-order valence-corrected chi connectivity index (χ3v) is 2.82. The van der Waals surface area contributed by atoms with Crippen LogP contribution in [0, 0.1) is 0 Å². The number of hydrogen-bond donors (Lipinski definition) is 0. The fourth-order valence-corrected chi connectivity index (χ4v) is 2.13. The average Bonchev–Trinajstić information content (AvgIpc) is 2.69. The number of esters is 3. The molecule has 0 saturated heterocycles. The van der Waals surface area contributed by atoms with E-state index in [0.29, 0.717) is 12.0 Å². The summed E-state index contributed by atoms with van der Waals surface area (Å²) in [6.07, 6.45) is 0.0126. The first-order chi connectivity index (χ1) is 9.43. The molecular formula is C14H14O6. The number of hydrogen-bond acceptors (Lipinski definition) is 6. The van der Waals surface area contributed by atoms with E-state index in [1.165, 1.54) is 26.0 Å². The summed E-state index contributed by atoms with van der Waals surface area (Å²) in [5.74, 6) is -1.26. The van der Waals surface area contributed by atoms with Crippen LogP contribution in [0.3, 0.4) is 0 Å². The van der Waals surface area contributed by atoms with Gasteiger partial charge in [-0.05, 0) is 18.6 Å². The van der Waals surface area contributed by atoms with Crippen molar-refractivity contribution in [3.8, 4) is 11.5 Å². The van der Waals surface area contributed by atoms with Gasteiger partial charge in [-0.1, -0.05) is 6.92 Å². The maximum Gasteiger partial charge on any atom is 0.343 e. The van der Waals surface area contributed by atoms with E-state index in [9.17, 15) is 14.4 Å². The SMILES string of the molecule is CCC1OC(=O)c2c(OC(C)=O)ccc(OC(C)=O)c21. The van der Waals surface area contributed by atoms with Crippen molar-refractivity contribution in [2.45, 2.75) is 33.3 Å². The molecule has 1 aromatic carbocycles. The topological polar surface area (TPSA) is 78.9 Å². The molecule has 0 aromatic heterocycles. The van der Waals surface area contributed by atoms with Gasteiger partial charge < -0.3 is 14.2 Å². The van der Waals surface area contributed by atoms with Crippen molar-refractivity contribution in [3.63, 3.8) is 0 Å². The minimum absolute atomic E-state index is 0.115. The van der Waals surface area contributed by atoms with E-state index in [1.807, 2.05) is 6.92 Å². The normalized spacial score (nSPS) is 16.4. The summed E-state index contributed by atoms with van der Waals surface area (Å²) >= 11 is 0. The molecule has 6 nitrogen and oxygen atoms in total. The van der Waals surface area contributed by atoms with Crippen LogP contribution in [-0.2, 0) is 14.3 Å². The van der Waals surface area contributed by atoms with E-state index in [4.69, 9.17) is 14.2 Å². The Balaban J connectivity index is 2.57. The van der Waals surface area contributed by atoms with Gasteiger partial charge in [-0.25, -0.2) is 4.79 Å². The van der Waals surface area contributed by atoms with Gasteiger partial charge in [0, 0.05) is 13.8 Å². The van der Waals surface area contributed by atoms with E-state index >= 15 is 0 Å². The molecule has 106 valence electrons. The van der Waals surface area contributed by atoms with Crippen molar-refractivity contribution < 1.29 is 28.6 Å². The molecular weight excluding hydrogens is 264 g/mol. The molecule has 0 fully saturated rings. The van der Waals surface area contributed by atoms with Crippen LogP contribution in [-0.4, -0.2) is 17.9 Å². The van der Waals surface area contributed by atoms with Crippen molar-refractivity contribution in [1.29, 1.82) is 0 Å². The number of carbonyl (C=O) groups excluding carboxylic acids is 3. The molecule has 1 unspecified atom stereocenters. The summed E-state index contributed by atoms with van der Waals surface area (Å²) in [7, 11) is 0. The molecule has 0 aliphatic carbocycles. The third-order valence-electron chi connectivity index (χ3n) is 2.82. The molecule has 20 heavy (non-hydrogen) atoms. The number of rotatable bonds is 3. The molecule has 0 saturated carbocycles. The molecule has 2 rings (SSSR count). The van der Waals surface area contributed by atoms with Crippen molar-refractivity contribution >= 4 is 17.9 Å². The average molecular weight is 278 g/mol. The maximum atomic E-state index is 11.9. The van der Waals surface area contributed by atoms with E-state index in [2.05, 4.69) is 0 Å². The quantitative estimate of drug-likeness (QED) is 0.622. The van der Waals surface area contributed by atoms with Crippen LogP contribution in [0.4, 0.5) is 0 Å². The van der Waals surface area contributed by atoms with E-state index in [-0.39, 0.29) is 17.1 Å². The van der Waals surface area contributed by atoms with Crippen LogP contribution in [0.15, 0.2) is 12.1 Å². The lowest BCUT2D eigenvalue weighted by molar-refractivity contribution is -0.133. The van der Waals surface area contributed by atoms with Crippen molar-refractivity contribution in [2.75, 3.05) is 0 Å². The van der Waals surface area contributed by atoms with Gasteiger partial charge in [-0.15, -0.1) is 0 Å².